The zero-order chi connectivity index (χ0) is 16.2. The van der Waals surface area contributed by atoms with Gasteiger partial charge in [0.05, 0.1) is 17.5 Å². The van der Waals surface area contributed by atoms with Gasteiger partial charge < -0.3 is 15.1 Å². The van der Waals surface area contributed by atoms with Crippen LogP contribution in [0.5, 0.6) is 0 Å². The maximum atomic E-state index is 12.3. The predicted octanol–water partition coefficient (Wildman–Crippen LogP) is 2.58. The van der Waals surface area contributed by atoms with E-state index in [-0.39, 0.29) is 11.7 Å². The minimum Gasteiger partial charge on any atom is -0.459 e. The largest absolute Gasteiger partial charge is 0.459 e. The fourth-order valence-electron chi connectivity index (χ4n) is 2.19. The first-order chi connectivity index (χ1) is 11.1. The minimum atomic E-state index is -0.716. The van der Waals surface area contributed by atoms with Crippen LogP contribution in [0.1, 0.15) is 17.5 Å². The molecule has 0 aliphatic heterocycles. The number of rotatable bonds is 4. The predicted molar refractivity (Wildman–Crippen MR) is 86.0 cm³/mol. The topological polar surface area (TPSA) is 84.2 Å². The molecule has 0 saturated heterocycles. The number of furan rings is 1. The minimum absolute atomic E-state index is 0.163. The Balaban J connectivity index is 1.72. The third-order valence-corrected chi connectivity index (χ3v) is 3.38. The standard InChI is InChI=1S/C17H15N3O3/c1-11(19-17(22)14-8-4-10-23-14)16(21)20-13-7-2-5-12-6-3-9-18-15(12)13/h2-11H,1H3,(H,19,22)(H,20,21). The molecule has 1 unspecified atom stereocenters. The Hall–Kier alpha value is -3.15. The number of para-hydroxylation sites is 1. The first kappa shape index (κ1) is 14.8. The summed E-state index contributed by atoms with van der Waals surface area (Å²) >= 11 is 0. The molecule has 0 bridgehead atoms. The molecule has 1 atom stereocenters. The number of fused-ring (bicyclic) bond motifs is 1. The molecule has 6 nitrogen and oxygen atoms in total. The summed E-state index contributed by atoms with van der Waals surface area (Å²) in [7, 11) is 0. The van der Waals surface area contributed by atoms with Crippen molar-refractivity contribution in [1.82, 2.24) is 10.3 Å². The number of hydrogen-bond donors (Lipinski definition) is 2. The number of aromatic nitrogens is 1. The molecule has 0 aliphatic carbocycles. The van der Waals surface area contributed by atoms with E-state index >= 15 is 0 Å². The van der Waals surface area contributed by atoms with Crippen LogP contribution in [-0.2, 0) is 4.79 Å². The second kappa shape index (κ2) is 6.31. The number of nitrogens with zero attached hydrogens (tertiary/aromatic N) is 1. The first-order valence-electron chi connectivity index (χ1n) is 7.14. The van der Waals surface area contributed by atoms with E-state index in [0.717, 1.165) is 5.39 Å². The Morgan fingerprint density at radius 3 is 2.74 bits per heavy atom. The van der Waals surface area contributed by atoms with Crippen molar-refractivity contribution in [1.29, 1.82) is 0 Å². The molecule has 0 aliphatic rings. The molecule has 2 amide bonds. The molecule has 0 saturated carbocycles. The molecule has 3 rings (SSSR count). The third kappa shape index (κ3) is 3.21. The number of benzene rings is 1. The number of amides is 2. The van der Waals surface area contributed by atoms with Crippen molar-refractivity contribution in [2.45, 2.75) is 13.0 Å². The molecule has 2 N–H and O–H groups in total. The van der Waals surface area contributed by atoms with Crippen molar-refractivity contribution in [3.8, 4) is 0 Å². The van der Waals surface area contributed by atoms with Gasteiger partial charge in [0.2, 0.25) is 5.91 Å². The average Bonchev–Trinajstić information content (AvgIpc) is 3.09. The Labute approximate surface area is 132 Å². The monoisotopic (exact) mass is 309 g/mol. The summed E-state index contributed by atoms with van der Waals surface area (Å²) in [5.74, 6) is -0.603. The van der Waals surface area contributed by atoms with Crippen LogP contribution in [-0.4, -0.2) is 22.8 Å². The van der Waals surface area contributed by atoms with E-state index in [1.807, 2.05) is 24.3 Å². The van der Waals surface area contributed by atoms with E-state index in [0.29, 0.717) is 11.2 Å². The maximum Gasteiger partial charge on any atom is 0.287 e. The summed E-state index contributed by atoms with van der Waals surface area (Å²) in [6.07, 6.45) is 3.07. The molecule has 3 aromatic rings. The number of anilines is 1. The highest BCUT2D eigenvalue weighted by Gasteiger charge is 2.18. The van der Waals surface area contributed by atoms with E-state index in [9.17, 15) is 9.59 Å². The Morgan fingerprint density at radius 1 is 1.13 bits per heavy atom. The van der Waals surface area contributed by atoms with Crippen molar-refractivity contribution in [3.63, 3.8) is 0 Å². The average molecular weight is 309 g/mol. The molecule has 0 radical (unpaired) electrons. The molecule has 2 heterocycles. The number of pyridine rings is 1. The quantitative estimate of drug-likeness (QED) is 0.776. The van der Waals surface area contributed by atoms with E-state index in [1.165, 1.54) is 12.3 Å². The van der Waals surface area contributed by atoms with Crippen molar-refractivity contribution in [2.24, 2.45) is 0 Å². The van der Waals surface area contributed by atoms with Crippen LogP contribution in [0, 0.1) is 0 Å². The van der Waals surface area contributed by atoms with E-state index in [2.05, 4.69) is 15.6 Å². The smallest absolute Gasteiger partial charge is 0.287 e. The van der Waals surface area contributed by atoms with Gasteiger partial charge in [-0.2, -0.15) is 0 Å². The SMILES string of the molecule is CC(NC(=O)c1ccco1)C(=O)Nc1cccc2cccnc12. The van der Waals surface area contributed by atoms with Gasteiger partial charge in [-0.3, -0.25) is 14.6 Å². The lowest BCUT2D eigenvalue weighted by atomic mass is 10.2. The lowest BCUT2D eigenvalue weighted by molar-refractivity contribution is -0.117. The molecule has 23 heavy (non-hydrogen) atoms. The Kier molecular flexibility index (Phi) is 4.05. The normalized spacial score (nSPS) is 11.9. The molecule has 6 heteroatoms. The fraction of sp³-hybridized carbons (Fsp3) is 0.118. The first-order valence-corrected chi connectivity index (χ1v) is 7.14. The zero-order valence-corrected chi connectivity index (χ0v) is 12.4. The summed E-state index contributed by atoms with van der Waals surface area (Å²) in [5, 5.41) is 6.30. The molecule has 2 aromatic heterocycles. The van der Waals surface area contributed by atoms with Crippen LogP contribution in [0.15, 0.2) is 59.3 Å². The van der Waals surface area contributed by atoms with Gasteiger partial charge in [-0.25, -0.2) is 0 Å². The molecular formula is C17H15N3O3. The van der Waals surface area contributed by atoms with Gasteiger partial charge in [-0.1, -0.05) is 18.2 Å². The van der Waals surface area contributed by atoms with Gasteiger partial charge >= 0.3 is 0 Å². The fourth-order valence-corrected chi connectivity index (χ4v) is 2.19. The highest BCUT2D eigenvalue weighted by molar-refractivity contribution is 6.04. The summed E-state index contributed by atoms with van der Waals surface area (Å²) in [4.78, 5) is 28.4. The van der Waals surface area contributed by atoms with Crippen LogP contribution >= 0.6 is 0 Å². The number of hydrogen-bond acceptors (Lipinski definition) is 4. The lowest BCUT2D eigenvalue weighted by Crippen LogP contribution is -2.41. The van der Waals surface area contributed by atoms with Gasteiger partial charge in [0.15, 0.2) is 5.76 Å². The summed E-state index contributed by atoms with van der Waals surface area (Å²) < 4.78 is 5.00. The van der Waals surface area contributed by atoms with Crippen molar-refractivity contribution >= 4 is 28.4 Å². The van der Waals surface area contributed by atoms with Crippen LogP contribution in [0.3, 0.4) is 0 Å². The van der Waals surface area contributed by atoms with E-state index in [4.69, 9.17) is 4.42 Å². The Morgan fingerprint density at radius 2 is 1.96 bits per heavy atom. The summed E-state index contributed by atoms with van der Waals surface area (Å²) in [5.41, 5.74) is 1.31. The van der Waals surface area contributed by atoms with Gasteiger partial charge in [0.1, 0.15) is 6.04 Å². The molecule has 116 valence electrons. The number of carbonyl (C=O) groups is 2. The third-order valence-electron chi connectivity index (χ3n) is 3.38. The van der Waals surface area contributed by atoms with E-state index < -0.39 is 11.9 Å². The van der Waals surface area contributed by atoms with Gasteiger partial charge in [-0.15, -0.1) is 0 Å². The van der Waals surface area contributed by atoms with Gasteiger partial charge in [0.25, 0.3) is 5.91 Å². The number of carbonyl (C=O) groups excluding carboxylic acids is 2. The van der Waals surface area contributed by atoms with Crippen LogP contribution < -0.4 is 10.6 Å². The van der Waals surface area contributed by atoms with Crippen LogP contribution in [0.25, 0.3) is 10.9 Å². The lowest BCUT2D eigenvalue weighted by Gasteiger charge is -2.14. The highest BCUT2D eigenvalue weighted by Crippen LogP contribution is 2.20. The molecular weight excluding hydrogens is 294 g/mol. The van der Waals surface area contributed by atoms with Crippen molar-refractivity contribution < 1.29 is 14.0 Å². The summed E-state index contributed by atoms with van der Waals surface area (Å²) in [6, 6.07) is 11.7. The van der Waals surface area contributed by atoms with Crippen LogP contribution in [0.4, 0.5) is 5.69 Å². The van der Waals surface area contributed by atoms with Gasteiger partial charge in [-0.05, 0) is 31.2 Å². The molecule has 0 spiro atoms. The molecule has 1 aromatic carbocycles. The molecule has 0 fully saturated rings. The van der Waals surface area contributed by atoms with Crippen molar-refractivity contribution in [3.05, 3.63) is 60.7 Å². The second-order valence-corrected chi connectivity index (χ2v) is 5.04. The van der Waals surface area contributed by atoms with Crippen LogP contribution in [0.2, 0.25) is 0 Å². The zero-order valence-electron chi connectivity index (χ0n) is 12.4. The second-order valence-electron chi connectivity index (χ2n) is 5.04. The number of nitrogens with one attached hydrogen (secondary N) is 2. The van der Waals surface area contributed by atoms with E-state index in [1.54, 1.807) is 25.3 Å². The highest BCUT2D eigenvalue weighted by atomic mass is 16.3. The Bertz CT molecular complexity index is 838. The van der Waals surface area contributed by atoms with Gasteiger partial charge in [0, 0.05) is 11.6 Å². The maximum absolute atomic E-state index is 12.3. The van der Waals surface area contributed by atoms with Crippen molar-refractivity contribution in [2.75, 3.05) is 5.32 Å². The summed E-state index contributed by atoms with van der Waals surface area (Å²) in [6.45, 7) is 1.61.